The molecule has 0 aliphatic heterocycles. The van der Waals surface area contributed by atoms with E-state index in [0.29, 0.717) is 27.1 Å². The minimum atomic E-state index is -0.687. The van der Waals surface area contributed by atoms with E-state index >= 15 is 0 Å². The van der Waals surface area contributed by atoms with Gasteiger partial charge in [-0.15, -0.1) is 0 Å². The van der Waals surface area contributed by atoms with Gasteiger partial charge in [0.2, 0.25) is 0 Å². The van der Waals surface area contributed by atoms with Crippen molar-refractivity contribution in [1.82, 2.24) is 4.98 Å². The highest BCUT2D eigenvalue weighted by molar-refractivity contribution is 7.11. The first-order valence-corrected chi connectivity index (χ1v) is 6.93. The van der Waals surface area contributed by atoms with Crippen LogP contribution in [0.3, 0.4) is 0 Å². The molecule has 8 heteroatoms. The molecule has 2 N–H and O–H groups in total. The fraction of sp³-hybridized carbons (Fsp3) is 0.0833. The monoisotopic (exact) mass is 330 g/mol. The van der Waals surface area contributed by atoms with Gasteiger partial charge in [-0.3, -0.25) is 19.6 Å². The van der Waals surface area contributed by atoms with Crippen LogP contribution in [-0.2, 0) is 0 Å². The van der Waals surface area contributed by atoms with Gasteiger partial charge in [-0.2, -0.15) is 0 Å². The van der Waals surface area contributed by atoms with E-state index in [1.54, 1.807) is 19.1 Å². The zero-order valence-electron chi connectivity index (χ0n) is 10.1. The van der Waals surface area contributed by atoms with E-state index in [1.165, 1.54) is 6.07 Å². The number of nitrogens with one attached hydrogen (secondary N) is 1. The molecular weight excluding hydrogens is 323 g/mol. The van der Waals surface area contributed by atoms with Crippen LogP contribution in [0, 0.1) is 0 Å². The Kier molecular flexibility index (Phi) is 4.27. The van der Waals surface area contributed by atoms with Crippen molar-refractivity contribution in [2.45, 2.75) is 6.92 Å². The van der Waals surface area contributed by atoms with Crippen molar-refractivity contribution in [2.75, 3.05) is 0 Å². The van der Waals surface area contributed by atoms with Crippen molar-refractivity contribution in [1.29, 1.82) is 0 Å². The van der Waals surface area contributed by atoms with Crippen molar-refractivity contribution >= 4 is 45.9 Å². The molecule has 0 saturated carbocycles. The number of rotatable bonds is 2. The van der Waals surface area contributed by atoms with E-state index in [-0.39, 0.29) is 16.3 Å². The van der Waals surface area contributed by atoms with Crippen molar-refractivity contribution in [2.24, 2.45) is 4.99 Å². The van der Waals surface area contributed by atoms with Gasteiger partial charge in [0.15, 0.2) is 5.06 Å². The van der Waals surface area contributed by atoms with Gasteiger partial charge < -0.3 is 5.11 Å². The fourth-order valence-corrected chi connectivity index (χ4v) is 2.49. The Balaban J connectivity index is 2.53. The third-order valence-corrected chi connectivity index (χ3v) is 3.83. The molecule has 0 spiro atoms. The quantitative estimate of drug-likeness (QED) is 0.830. The number of hydrogen-bond acceptors (Lipinski definition) is 5. The molecule has 5 nitrogen and oxygen atoms in total. The molecule has 2 rings (SSSR count). The molecular formula is C12H8Cl2N2O3S. The van der Waals surface area contributed by atoms with Crippen molar-refractivity contribution in [3.63, 3.8) is 0 Å². The van der Waals surface area contributed by atoms with Gasteiger partial charge in [-0.25, -0.2) is 0 Å². The number of halogens is 2. The molecule has 1 heterocycles. The average molecular weight is 331 g/mol. The van der Waals surface area contributed by atoms with Crippen LogP contribution < -0.4 is 10.4 Å². The summed E-state index contributed by atoms with van der Waals surface area (Å²) in [6, 6.07) is 4.72. The first kappa shape index (κ1) is 14.8. The minimum Gasteiger partial charge on any atom is -0.499 e. The Labute approximate surface area is 127 Å². The van der Waals surface area contributed by atoms with Crippen LogP contribution in [-0.4, -0.2) is 15.8 Å². The lowest BCUT2D eigenvalue weighted by Crippen LogP contribution is -2.22. The maximum atomic E-state index is 11.7. The third kappa shape index (κ3) is 3.09. The van der Waals surface area contributed by atoms with Crippen LogP contribution in [0.5, 0.6) is 5.06 Å². The Morgan fingerprint density at radius 2 is 2.00 bits per heavy atom. The summed E-state index contributed by atoms with van der Waals surface area (Å²) in [5, 5.41) is 10.0. The lowest BCUT2D eigenvalue weighted by Gasteiger charge is -2.02. The smallest absolute Gasteiger partial charge is 0.310 e. The highest BCUT2D eigenvalue weighted by atomic mass is 35.5. The number of aromatic hydroxyl groups is 1. The average Bonchev–Trinajstić information content (AvgIpc) is 2.32. The Morgan fingerprint density at radius 1 is 1.30 bits per heavy atom. The van der Waals surface area contributed by atoms with Gasteiger partial charge in [0.05, 0.1) is 21.4 Å². The number of aromatic amines is 1. The normalized spacial score (nSPS) is 11.7. The summed E-state index contributed by atoms with van der Waals surface area (Å²) in [7, 11) is 0. The Morgan fingerprint density at radius 3 is 2.60 bits per heavy atom. The standard InChI is InChI=1S/C12H8Cl2N2O3S/c1-5(9-10(17)16-12(19)20-11(9)18)15-6-2-3-7(13)8(14)4-6/h2-4,18H,1H3,(H,16,17,19). The summed E-state index contributed by atoms with van der Waals surface area (Å²) in [6.45, 7) is 1.55. The highest BCUT2D eigenvalue weighted by Crippen LogP contribution is 2.27. The summed E-state index contributed by atoms with van der Waals surface area (Å²) in [5.74, 6) is 0. The molecule has 2 aromatic rings. The third-order valence-electron chi connectivity index (χ3n) is 2.41. The van der Waals surface area contributed by atoms with E-state index in [1.807, 2.05) is 0 Å². The second-order valence-corrected chi connectivity index (χ2v) is 5.60. The summed E-state index contributed by atoms with van der Waals surface area (Å²) < 4.78 is 0. The van der Waals surface area contributed by atoms with Crippen molar-refractivity contribution < 1.29 is 5.11 Å². The van der Waals surface area contributed by atoms with Crippen LogP contribution in [0.15, 0.2) is 32.8 Å². The minimum absolute atomic E-state index is 0.0410. The molecule has 0 unspecified atom stereocenters. The molecule has 1 aromatic heterocycles. The Hall–Kier alpha value is -1.63. The van der Waals surface area contributed by atoms with E-state index in [9.17, 15) is 14.7 Å². The zero-order valence-corrected chi connectivity index (χ0v) is 12.4. The van der Waals surface area contributed by atoms with Crippen molar-refractivity contribution in [3.05, 3.63) is 53.8 Å². The molecule has 0 fully saturated rings. The number of hydrogen-bond donors (Lipinski definition) is 2. The lowest BCUT2D eigenvalue weighted by molar-refractivity contribution is 0.487. The molecule has 0 atom stereocenters. The first-order chi connectivity index (χ1) is 9.38. The topological polar surface area (TPSA) is 82.5 Å². The largest absolute Gasteiger partial charge is 0.499 e. The van der Waals surface area contributed by atoms with Gasteiger partial charge in [0.25, 0.3) is 5.56 Å². The molecule has 0 aliphatic carbocycles. The second kappa shape index (κ2) is 5.78. The van der Waals surface area contributed by atoms with Gasteiger partial charge in [0, 0.05) is 0 Å². The van der Waals surface area contributed by atoms with E-state index in [4.69, 9.17) is 23.2 Å². The molecule has 1 aromatic carbocycles. The highest BCUT2D eigenvalue weighted by Gasteiger charge is 2.12. The SMILES string of the molecule is CC(=Nc1ccc(Cl)c(Cl)c1)c1c(O)sc(=O)[nH]c1=O. The van der Waals surface area contributed by atoms with Crippen LogP contribution in [0.25, 0.3) is 0 Å². The summed E-state index contributed by atoms with van der Waals surface area (Å²) >= 11 is 12.2. The first-order valence-electron chi connectivity index (χ1n) is 5.35. The molecule has 104 valence electrons. The van der Waals surface area contributed by atoms with Crippen LogP contribution in [0.1, 0.15) is 12.5 Å². The summed E-state index contributed by atoms with van der Waals surface area (Å²) in [4.78, 5) is 28.4. The second-order valence-electron chi connectivity index (χ2n) is 3.82. The summed E-state index contributed by atoms with van der Waals surface area (Å²) in [6.07, 6.45) is 0. The molecule has 20 heavy (non-hydrogen) atoms. The summed E-state index contributed by atoms with van der Waals surface area (Å²) in [5.41, 5.74) is 0.0125. The van der Waals surface area contributed by atoms with Crippen LogP contribution in [0.2, 0.25) is 10.0 Å². The van der Waals surface area contributed by atoms with Gasteiger partial charge in [0.1, 0.15) is 5.56 Å². The lowest BCUT2D eigenvalue weighted by atomic mass is 10.2. The number of aliphatic imine (C=N–C) groups is 1. The van der Waals surface area contributed by atoms with E-state index in [2.05, 4.69) is 9.98 Å². The zero-order chi connectivity index (χ0) is 14.9. The molecule has 0 aliphatic rings. The predicted octanol–water partition coefficient (Wildman–Crippen LogP) is 2.95. The number of benzene rings is 1. The Bertz CT molecular complexity index is 811. The molecule has 0 radical (unpaired) electrons. The van der Waals surface area contributed by atoms with Gasteiger partial charge in [-0.1, -0.05) is 23.2 Å². The maximum Gasteiger partial charge on any atom is 0.310 e. The molecule has 0 amide bonds. The maximum absolute atomic E-state index is 11.7. The predicted molar refractivity (Wildman–Crippen MR) is 81.2 cm³/mol. The van der Waals surface area contributed by atoms with Crippen LogP contribution >= 0.6 is 34.5 Å². The number of H-pyrrole nitrogens is 1. The number of nitrogens with zero attached hydrogens (tertiary/aromatic N) is 1. The van der Waals surface area contributed by atoms with Crippen molar-refractivity contribution in [3.8, 4) is 5.06 Å². The van der Waals surface area contributed by atoms with Crippen LogP contribution in [0.4, 0.5) is 5.69 Å². The number of aromatic nitrogens is 1. The molecule has 0 bridgehead atoms. The van der Waals surface area contributed by atoms with E-state index in [0.717, 1.165) is 0 Å². The van der Waals surface area contributed by atoms with Gasteiger partial charge >= 0.3 is 4.87 Å². The van der Waals surface area contributed by atoms with Gasteiger partial charge in [-0.05, 0) is 36.5 Å². The molecule has 0 saturated heterocycles. The van der Waals surface area contributed by atoms with E-state index < -0.39 is 10.4 Å². The fourth-order valence-electron chi connectivity index (χ4n) is 1.54.